The SMILES string of the molecule is C=C(C)C.CC1CCC1.Cc1ccc(C(C)(C)C)cc1C. The Morgan fingerprint density at radius 2 is 1.48 bits per heavy atom. The molecule has 0 atom stereocenters. The summed E-state index contributed by atoms with van der Waals surface area (Å²) < 4.78 is 0. The van der Waals surface area contributed by atoms with Crippen molar-refractivity contribution in [2.45, 2.75) is 80.1 Å². The molecule has 0 heteroatoms. The first-order valence-corrected chi connectivity index (χ1v) is 8.24. The lowest BCUT2D eigenvalue weighted by atomic mass is 9.85. The van der Waals surface area contributed by atoms with Crippen molar-refractivity contribution in [2.75, 3.05) is 0 Å². The lowest BCUT2D eigenvalue weighted by molar-refractivity contribution is 0.346. The number of hydrogen-bond acceptors (Lipinski definition) is 0. The van der Waals surface area contributed by atoms with Crippen molar-refractivity contribution >= 4 is 0 Å². The van der Waals surface area contributed by atoms with Crippen molar-refractivity contribution in [3.63, 3.8) is 0 Å². The topological polar surface area (TPSA) is 0 Å². The Labute approximate surface area is 133 Å². The molecule has 2 rings (SSSR count). The second-order valence-corrected chi connectivity index (χ2v) is 7.79. The third-order valence-electron chi connectivity index (χ3n) is 3.77. The molecule has 0 heterocycles. The fourth-order valence-corrected chi connectivity index (χ4v) is 1.82. The van der Waals surface area contributed by atoms with Crippen molar-refractivity contribution in [1.82, 2.24) is 0 Å². The molecule has 0 nitrogen and oxygen atoms in total. The largest absolute Gasteiger partial charge is 0.100 e. The summed E-state index contributed by atoms with van der Waals surface area (Å²) in [5.74, 6) is 1.06. The van der Waals surface area contributed by atoms with Crippen LogP contribution in [0.25, 0.3) is 0 Å². The van der Waals surface area contributed by atoms with Gasteiger partial charge in [-0.25, -0.2) is 0 Å². The van der Waals surface area contributed by atoms with Gasteiger partial charge >= 0.3 is 0 Å². The van der Waals surface area contributed by atoms with Crippen LogP contribution in [0.15, 0.2) is 30.4 Å². The maximum absolute atomic E-state index is 3.56. The first-order chi connectivity index (χ1) is 9.54. The molecule has 0 bridgehead atoms. The summed E-state index contributed by atoms with van der Waals surface area (Å²) in [5.41, 5.74) is 5.63. The van der Waals surface area contributed by atoms with Crippen molar-refractivity contribution in [2.24, 2.45) is 5.92 Å². The average Bonchev–Trinajstić information content (AvgIpc) is 2.29. The van der Waals surface area contributed by atoms with Crippen LogP contribution in [0.2, 0.25) is 0 Å². The van der Waals surface area contributed by atoms with Crippen LogP contribution in [0.5, 0.6) is 0 Å². The Hall–Kier alpha value is -1.04. The number of hydrogen-bond donors (Lipinski definition) is 0. The van der Waals surface area contributed by atoms with E-state index in [1.165, 1.54) is 41.5 Å². The van der Waals surface area contributed by atoms with Gasteiger partial charge in [-0.2, -0.15) is 0 Å². The zero-order chi connectivity index (χ0) is 16.6. The minimum absolute atomic E-state index is 0.276. The zero-order valence-electron chi connectivity index (χ0n) is 15.6. The summed E-state index contributed by atoms with van der Waals surface area (Å²) in [6.45, 7) is 20.9. The molecule has 1 fully saturated rings. The molecule has 0 aromatic heterocycles. The molecule has 1 aliphatic rings. The Bertz CT molecular complexity index is 424. The summed E-state index contributed by atoms with van der Waals surface area (Å²) in [6, 6.07) is 6.72. The molecule has 0 amide bonds. The predicted molar refractivity (Wildman–Crippen MR) is 98.1 cm³/mol. The summed E-state index contributed by atoms with van der Waals surface area (Å²) in [5, 5.41) is 0. The highest BCUT2D eigenvalue weighted by Crippen LogP contribution is 2.24. The molecule has 1 aromatic carbocycles. The minimum atomic E-state index is 0.276. The molecule has 120 valence electrons. The highest BCUT2D eigenvalue weighted by Gasteiger charge is 2.13. The van der Waals surface area contributed by atoms with Crippen molar-refractivity contribution in [3.05, 3.63) is 47.0 Å². The van der Waals surface area contributed by atoms with Crippen molar-refractivity contribution < 1.29 is 0 Å². The summed E-state index contributed by atoms with van der Waals surface area (Å²) in [4.78, 5) is 0. The van der Waals surface area contributed by atoms with E-state index in [1.807, 2.05) is 13.8 Å². The quantitative estimate of drug-likeness (QED) is 0.451. The summed E-state index contributed by atoms with van der Waals surface area (Å²) in [6.07, 6.45) is 4.46. The Balaban J connectivity index is 0.000000364. The molecule has 0 N–H and O–H groups in total. The van der Waals surface area contributed by atoms with Crippen molar-refractivity contribution in [3.8, 4) is 0 Å². The van der Waals surface area contributed by atoms with Crippen LogP contribution in [0.3, 0.4) is 0 Å². The first kappa shape index (κ1) is 20.0. The van der Waals surface area contributed by atoms with Gasteiger partial charge in [0, 0.05) is 0 Å². The van der Waals surface area contributed by atoms with Crippen LogP contribution in [0, 0.1) is 19.8 Å². The van der Waals surface area contributed by atoms with Gasteiger partial charge in [-0.15, -0.1) is 6.58 Å². The number of aryl methyl sites for hydroxylation is 2. The third-order valence-corrected chi connectivity index (χ3v) is 3.77. The van der Waals surface area contributed by atoms with Gasteiger partial charge in [0.2, 0.25) is 0 Å². The molecule has 0 unspecified atom stereocenters. The number of allylic oxidation sites excluding steroid dienone is 1. The lowest BCUT2D eigenvalue weighted by Gasteiger charge is -2.19. The van der Waals surface area contributed by atoms with E-state index in [4.69, 9.17) is 0 Å². The van der Waals surface area contributed by atoms with E-state index in [9.17, 15) is 0 Å². The predicted octanol–water partition coefficient (Wildman–Crippen LogP) is 6.99. The number of benzene rings is 1. The van der Waals surface area contributed by atoms with E-state index in [0.29, 0.717) is 0 Å². The monoisotopic (exact) mass is 288 g/mol. The van der Waals surface area contributed by atoms with Gasteiger partial charge in [-0.1, -0.05) is 70.7 Å². The molecular weight excluding hydrogens is 252 g/mol. The van der Waals surface area contributed by atoms with E-state index in [-0.39, 0.29) is 5.41 Å². The van der Waals surface area contributed by atoms with Gasteiger partial charge in [0.15, 0.2) is 0 Å². The molecule has 0 saturated heterocycles. The fourth-order valence-electron chi connectivity index (χ4n) is 1.82. The molecule has 0 aliphatic heterocycles. The van der Waals surface area contributed by atoms with E-state index in [0.717, 1.165) is 5.92 Å². The van der Waals surface area contributed by atoms with Crippen LogP contribution < -0.4 is 0 Å². The maximum atomic E-state index is 3.56. The normalized spacial score (nSPS) is 14.1. The highest BCUT2D eigenvalue weighted by atomic mass is 14.2. The van der Waals surface area contributed by atoms with Crippen LogP contribution in [-0.4, -0.2) is 0 Å². The highest BCUT2D eigenvalue weighted by molar-refractivity contribution is 5.33. The summed E-state index contributed by atoms with van der Waals surface area (Å²) in [7, 11) is 0. The molecule has 0 spiro atoms. The first-order valence-electron chi connectivity index (χ1n) is 8.24. The van der Waals surface area contributed by atoms with Crippen LogP contribution in [0.4, 0.5) is 0 Å². The zero-order valence-corrected chi connectivity index (χ0v) is 15.6. The van der Waals surface area contributed by atoms with Crippen molar-refractivity contribution in [1.29, 1.82) is 0 Å². The van der Waals surface area contributed by atoms with E-state index >= 15 is 0 Å². The van der Waals surface area contributed by atoms with Gasteiger partial charge in [0.1, 0.15) is 0 Å². The Kier molecular flexibility index (Phi) is 8.63. The maximum Gasteiger partial charge on any atom is -0.0132 e. The smallest absolute Gasteiger partial charge is 0.0132 e. The Morgan fingerprint density at radius 3 is 1.71 bits per heavy atom. The fraction of sp³-hybridized carbons (Fsp3) is 0.619. The lowest BCUT2D eigenvalue weighted by Crippen LogP contribution is -2.11. The molecular formula is C21H36. The van der Waals surface area contributed by atoms with Gasteiger partial charge in [0.05, 0.1) is 0 Å². The molecule has 1 saturated carbocycles. The van der Waals surface area contributed by atoms with E-state index < -0.39 is 0 Å². The number of rotatable bonds is 0. The van der Waals surface area contributed by atoms with Crippen LogP contribution in [-0.2, 0) is 5.41 Å². The van der Waals surface area contributed by atoms with Gasteiger partial charge in [0.25, 0.3) is 0 Å². The molecule has 0 radical (unpaired) electrons. The second-order valence-electron chi connectivity index (χ2n) is 7.79. The standard InChI is InChI=1S/C12H18.C5H10.C4H8/c1-9-6-7-11(8-10(9)2)12(3,4)5;1-5-3-2-4-5;1-4(2)3/h6-8H,1-5H3;5H,2-4H2,1H3;1H2,2-3H3. The van der Waals surface area contributed by atoms with E-state index in [1.54, 1.807) is 0 Å². The molecule has 1 aliphatic carbocycles. The Morgan fingerprint density at radius 1 is 1.05 bits per heavy atom. The molecule has 1 aromatic rings. The van der Waals surface area contributed by atoms with Crippen LogP contribution >= 0.6 is 0 Å². The third kappa shape index (κ3) is 9.50. The molecule has 21 heavy (non-hydrogen) atoms. The second kappa shape index (κ2) is 9.07. The van der Waals surface area contributed by atoms with Gasteiger partial charge in [-0.3, -0.25) is 0 Å². The van der Waals surface area contributed by atoms with Gasteiger partial charge in [-0.05, 0) is 55.7 Å². The van der Waals surface area contributed by atoms with Gasteiger partial charge < -0.3 is 0 Å². The summed E-state index contributed by atoms with van der Waals surface area (Å²) >= 11 is 0. The van der Waals surface area contributed by atoms with E-state index in [2.05, 4.69) is 66.3 Å². The average molecular weight is 289 g/mol. The van der Waals surface area contributed by atoms with Crippen LogP contribution in [0.1, 0.15) is 77.5 Å². The minimum Gasteiger partial charge on any atom is -0.100 e.